The smallest absolute Gasteiger partial charge is 0.164 e. The van der Waals surface area contributed by atoms with E-state index >= 15 is 0 Å². The van der Waals surface area contributed by atoms with Gasteiger partial charge in [-0.25, -0.2) is 9.37 Å². The van der Waals surface area contributed by atoms with E-state index in [9.17, 15) is 4.39 Å². The lowest BCUT2D eigenvalue weighted by Crippen LogP contribution is -1.90. The third-order valence-electron chi connectivity index (χ3n) is 2.17. The van der Waals surface area contributed by atoms with Crippen LogP contribution in [0.2, 0.25) is 0 Å². The van der Waals surface area contributed by atoms with Gasteiger partial charge in [-0.1, -0.05) is 0 Å². The maximum atomic E-state index is 13.5. The van der Waals surface area contributed by atoms with Gasteiger partial charge in [0.05, 0.1) is 9.09 Å². The van der Waals surface area contributed by atoms with Crippen LogP contribution in [0.1, 0.15) is 5.82 Å². The number of fused-ring (bicyclic) bond motifs is 1. The van der Waals surface area contributed by atoms with Crippen molar-refractivity contribution in [3.63, 3.8) is 0 Å². The van der Waals surface area contributed by atoms with Gasteiger partial charge in [-0.15, -0.1) is 0 Å². The summed E-state index contributed by atoms with van der Waals surface area (Å²) in [5.41, 5.74) is 1.31. The Balaban J connectivity index is 2.94. The monoisotopic (exact) mass is 290 g/mol. The first-order valence-corrected chi connectivity index (χ1v) is 4.96. The summed E-state index contributed by atoms with van der Waals surface area (Å²) in [5.74, 6) is 0.609. The number of hydrogen-bond acceptors (Lipinski definition) is 1. The van der Waals surface area contributed by atoms with Crippen molar-refractivity contribution in [3.8, 4) is 0 Å². The minimum atomic E-state index is -0.221. The average Bonchev–Trinajstić information content (AvgIpc) is 2.38. The van der Waals surface area contributed by atoms with Crippen molar-refractivity contribution in [2.75, 3.05) is 0 Å². The SMILES string of the molecule is Cc1nc2c(F)c(I)ccc2n1C. The summed E-state index contributed by atoms with van der Waals surface area (Å²) in [6.07, 6.45) is 0. The maximum Gasteiger partial charge on any atom is 0.164 e. The van der Waals surface area contributed by atoms with Gasteiger partial charge in [0.25, 0.3) is 0 Å². The summed E-state index contributed by atoms with van der Waals surface area (Å²) in [7, 11) is 1.89. The fourth-order valence-electron chi connectivity index (χ4n) is 1.32. The normalized spacial score (nSPS) is 11.1. The Kier molecular flexibility index (Phi) is 2.02. The highest BCUT2D eigenvalue weighted by molar-refractivity contribution is 14.1. The summed E-state index contributed by atoms with van der Waals surface area (Å²) in [6, 6.07) is 3.65. The summed E-state index contributed by atoms with van der Waals surface area (Å²) >= 11 is 1.97. The first-order valence-electron chi connectivity index (χ1n) is 3.88. The molecule has 0 radical (unpaired) electrons. The van der Waals surface area contributed by atoms with Crippen LogP contribution < -0.4 is 0 Å². The Bertz CT molecular complexity index is 476. The number of aryl methyl sites for hydroxylation is 2. The molecule has 0 bridgehead atoms. The number of aromatic nitrogens is 2. The second-order valence-electron chi connectivity index (χ2n) is 2.95. The molecule has 2 rings (SSSR count). The molecule has 0 fully saturated rings. The number of halogens is 2. The van der Waals surface area contributed by atoms with Gasteiger partial charge < -0.3 is 4.57 Å². The quantitative estimate of drug-likeness (QED) is 0.682. The Hall–Kier alpha value is -0.650. The van der Waals surface area contributed by atoms with Gasteiger partial charge in [0.15, 0.2) is 5.82 Å². The van der Waals surface area contributed by atoms with Crippen LogP contribution in [0.15, 0.2) is 12.1 Å². The Labute approximate surface area is 88.9 Å². The third-order valence-corrected chi connectivity index (χ3v) is 3.00. The van der Waals surface area contributed by atoms with E-state index in [4.69, 9.17) is 0 Å². The molecule has 0 amide bonds. The van der Waals surface area contributed by atoms with E-state index in [1.807, 2.05) is 47.2 Å². The summed E-state index contributed by atoms with van der Waals surface area (Å²) in [5, 5.41) is 0. The predicted molar refractivity (Wildman–Crippen MR) is 58.1 cm³/mol. The molecular formula is C9H8FIN2. The number of benzene rings is 1. The largest absolute Gasteiger partial charge is 0.331 e. The van der Waals surface area contributed by atoms with Crippen molar-refractivity contribution < 1.29 is 4.39 Å². The first-order chi connectivity index (χ1) is 6.11. The van der Waals surface area contributed by atoms with Gasteiger partial charge in [-0.3, -0.25) is 0 Å². The average molecular weight is 290 g/mol. The van der Waals surface area contributed by atoms with Crippen molar-refractivity contribution in [2.45, 2.75) is 6.92 Å². The van der Waals surface area contributed by atoms with E-state index < -0.39 is 0 Å². The zero-order valence-electron chi connectivity index (χ0n) is 7.31. The van der Waals surface area contributed by atoms with Crippen molar-refractivity contribution >= 4 is 33.6 Å². The van der Waals surface area contributed by atoms with Crippen LogP contribution in [0.4, 0.5) is 4.39 Å². The summed E-state index contributed by atoms with van der Waals surface area (Å²) < 4.78 is 16.0. The molecule has 0 spiro atoms. The molecule has 0 aliphatic carbocycles. The summed E-state index contributed by atoms with van der Waals surface area (Å²) in [6.45, 7) is 1.87. The highest BCUT2D eigenvalue weighted by Crippen LogP contribution is 2.21. The van der Waals surface area contributed by atoms with Gasteiger partial charge in [0, 0.05) is 7.05 Å². The molecule has 0 saturated heterocycles. The van der Waals surface area contributed by atoms with Gasteiger partial charge in [-0.05, 0) is 41.6 Å². The molecule has 1 aromatic carbocycles. The first kappa shape index (κ1) is 8.93. The van der Waals surface area contributed by atoms with Crippen molar-refractivity contribution in [1.82, 2.24) is 9.55 Å². The van der Waals surface area contributed by atoms with E-state index in [-0.39, 0.29) is 5.82 Å². The minimum Gasteiger partial charge on any atom is -0.331 e. The highest BCUT2D eigenvalue weighted by atomic mass is 127. The Morgan fingerprint density at radius 2 is 2.15 bits per heavy atom. The Morgan fingerprint density at radius 1 is 1.46 bits per heavy atom. The lowest BCUT2D eigenvalue weighted by atomic mass is 10.3. The third kappa shape index (κ3) is 1.23. The van der Waals surface area contributed by atoms with Gasteiger partial charge >= 0.3 is 0 Å². The molecule has 0 atom stereocenters. The highest BCUT2D eigenvalue weighted by Gasteiger charge is 2.10. The number of hydrogen-bond donors (Lipinski definition) is 0. The maximum absolute atomic E-state index is 13.5. The number of nitrogens with zero attached hydrogens (tertiary/aromatic N) is 2. The zero-order chi connectivity index (χ0) is 9.59. The molecule has 0 aliphatic heterocycles. The second-order valence-corrected chi connectivity index (χ2v) is 4.11. The topological polar surface area (TPSA) is 17.8 Å². The van der Waals surface area contributed by atoms with Crippen LogP contribution in [0.5, 0.6) is 0 Å². The van der Waals surface area contributed by atoms with Crippen molar-refractivity contribution in [3.05, 3.63) is 27.3 Å². The zero-order valence-corrected chi connectivity index (χ0v) is 9.46. The standard InChI is InChI=1S/C9H8FIN2/c1-5-12-9-7(13(5)2)4-3-6(11)8(9)10/h3-4H,1-2H3. The lowest BCUT2D eigenvalue weighted by molar-refractivity contribution is 0.630. The molecule has 0 saturated carbocycles. The van der Waals surface area contributed by atoms with Gasteiger partial charge in [0.1, 0.15) is 11.3 Å². The van der Waals surface area contributed by atoms with Crippen LogP contribution >= 0.6 is 22.6 Å². The molecule has 0 unspecified atom stereocenters. The van der Waals surface area contributed by atoms with E-state index in [0.29, 0.717) is 9.09 Å². The predicted octanol–water partition coefficient (Wildman–Crippen LogP) is 2.63. The van der Waals surface area contributed by atoms with Gasteiger partial charge in [0.2, 0.25) is 0 Å². The minimum absolute atomic E-state index is 0.221. The van der Waals surface area contributed by atoms with Crippen LogP contribution in [-0.2, 0) is 7.05 Å². The molecule has 68 valence electrons. The van der Waals surface area contributed by atoms with E-state index in [1.165, 1.54) is 0 Å². The molecule has 4 heteroatoms. The lowest BCUT2D eigenvalue weighted by Gasteiger charge is -1.97. The van der Waals surface area contributed by atoms with Crippen LogP contribution in [-0.4, -0.2) is 9.55 Å². The van der Waals surface area contributed by atoms with Crippen LogP contribution in [0.3, 0.4) is 0 Å². The fourth-order valence-corrected chi connectivity index (χ4v) is 1.75. The summed E-state index contributed by atoms with van der Waals surface area (Å²) in [4.78, 5) is 4.16. The van der Waals surface area contributed by atoms with Crippen LogP contribution in [0.25, 0.3) is 11.0 Å². The number of imidazole rings is 1. The molecular weight excluding hydrogens is 282 g/mol. The molecule has 1 heterocycles. The van der Waals surface area contributed by atoms with E-state index in [2.05, 4.69) is 4.98 Å². The van der Waals surface area contributed by atoms with Crippen molar-refractivity contribution in [1.29, 1.82) is 0 Å². The molecule has 13 heavy (non-hydrogen) atoms. The van der Waals surface area contributed by atoms with Crippen molar-refractivity contribution in [2.24, 2.45) is 7.05 Å². The number of rotatable bonds is 0. The molecule has 2 nitrogen and oxygen atoms in total. The molecule has 0 aliphatic rings. The molecule has 2 aromatic rings. The second kappa shape index (κ2) is 2.94. The van der Waals surface area contributed by atoms with Crippen LogP contribution in [0, 0.1) is 16.3 Å². The fraction of sp³-hybridized carbons (Fsp3) is 0.222. The molecule has 0 N–H and O–H groups in total. The van der Waals surface area contributed by atoms with E-state index in [0.717, 1.165) is 11.3 Å². The Morgan fingerprint density at radius 3 is 2.85 bits per heavy atom. The molecule has 1 aromatic heterocycles. The van der Waals surface area contributed by atoms with E-state index in [1.54, 1.807) is 6.07 Å². The van der Waals surface area contributed by atoms with Gasteiger partial charge in [-0.2, -0.15) is 0 Å².